The highest BCUT2D eigenvalue weighted by Gasteiger charge is 2.45. The van der Waals surface area contributed by atoms with E-state index in [1.54, 1.807) is 0 Å². The zero-order valence-corrected chi connectivity index (χ0v) is 14.1. The van der Waals surface area contributed by atoms with Gasteiger partial charge in [0.05, 0.1) is 19.1 Å². The number of hydrogen-bond acceptors (Lipinski definition) is 5. The summed E-state index contributed by atoms with van der Waals surface area (Å²) in [6, 6.07) is 0. The van der Waals surface area contributed by atoms with Gasteiger partial charge >= 0.3 is 5.97 Å². The molecule has 0 radical (unpaired) electrons. The summed E-state index contributed by atoms with van der Waals surface area (Å²) in [6.07, 6.45) is 5.07. The van der Waals surface area contributed by atoms with Gasteiger partial charge in [-0.25, -0.2) is 0 Å². The van der Waals surface area contributed by atoms with E-state index in [0.717, 1.165) is 32.3 Å². The van der Waals surface area contributed by atoms with Crippen LogP contribution in [0.4, 0.5) is 0 Å². The second-order valence-corrected chi connectivity index (χ2v) is 7.23. The first-order valence-corrected chi connectivity index (χ1v) is 8.49. The molecule has 1 saturated carbocycles. The molecule has 0 aromatic heterocycles. The Morgan fingerprint density at radius 3 is 2.73 bits per heavy atom. The highest BCUT2D eigenvalue weighted by Crippen LogP contribution is 2.40. The first-order valence-electron chi connectivity index (χ1n) is 8.49. The van der Waals surface area contributed by atoms with Crippen molar-refractivity contribution in [2.75, 3.05) is 26.4 Å². The molecule has 1 aliphatic carbocycles. The molecule has 1 aliphatic heterocycles. The van der Waals surface area contributed by atoms with Gasteiger partial charge in [-0.3, -0.25) is 4.79 Å². The Bertz CT molecular complexity index is 343. The van der Waals surface area contributed by atoms with Crippen LogP contribution in [0, 0.1) is 11.8 Å². The van der Waals surface area contributed by atoms with Gasteiger partial charge in [-0.05, 0) is 58.8 Å². The number of esters is 1. The van der Waals surface area contributed by atoms with E-state index in [0.29, 0.717) is 25.7 Å². The van der Waals surface area contributed by atoms with Crippen LogP contribution in [0.5, 0.6) is 0 Å². The molecule has 2 fully saturated rings. The van der Waals surface area contributed by atoms with Gasteiger partial charge in [-0.2, -0.15) is 0 Å². The summed E-state index contributed by atoms with van der Waals surface area (Å²) in [4.78, 5) is 11.8. The Balaban J connectivity index is 1.44. The highest BCUT2D eigenvalue weighted by molar-refractivity contribution is 5.76. The third kappa shape index (κ3) is 6.63. The molecule has 0 N–H and O–H groups in total. The van der Waals surface area contributed by atoms with E-state index in [4.69, 9.17) is 18.9 Å². The lowest BCUT2D eigenvalue weighted by atomic mass is 10.2. The average molecular weight is 314 g/mol. The van der Waals surface area contributed by atoms with E-state index in [1.807, 2.05) is 20.8 Å². The van der Waals surface area contributed by atoms with Crippen molar-refractivity contribution in [2.24, 2.45) is 11.8 Å². The predicted molar refractivity (Wildman–Crippen MR) is 82.4 cm³/mol. The monoisotopic (exact) mass is 314 g/mol. The molecule has 0 bridgehead atoms. The molecule has 0 aromatic rings. The molecule has 1 saturated heterocycles. The maximum absolute atomic E-state index is 11.8. The number of ether oxygens (including phenoxy) is 4. The summed E-state index contributed by atoms with van der Waals surface area (Å²) >= 11 is 0. The Morgan fingerprint density at radius 1 is 1.23 bits per heavy atom. The van der Waals surface area contributed by atoms with Crippen molar-refractivity contribution in [3.05, 3.63) is 0 Å². The van der Waals surface area contributed by atoms with Crippen molar-refractivity contribution in [1.29, 1.82) is 0 Å². The summed E-state index contributed by atoms with van der Waals surface area (Å²) in [7, 11) is 0. The van der Waals surface area contributed by atoms with E-state index in [1.165, 1.54) is 6.42 Å². The van der Waals surface area contributed by atoms with Crippen LogP contribution in [0.15, 0.2) is 0 Å². The highest BCUT2D eigenvalue weighted by atomic mass is 16.7. The lowest BCUT2D eigenvalue weighted by Gasteiger charge is -2.22. The minimum Gasteiger partial charge on any atom is -0.460 e. The summed E-state index contributed by atoms with van der Waals surface area (Å²) in [5.74, 6) is 0.280. The molecule has 3 atom stereocenters. The van der Waals surface area contributed by atoms with Crippen LogP contribution in [0.25, 0.3) is 0 Å². The Labute approximate surface area is 133 Å². The number of hydrogen-bond donors (Lipinski definition) is 0. The zero-order chi connectivity index (χ0) is 16.0. The first-order chi connectivity index (χ1) is 10.5. The summed E-state index contributed by atoms with van der Waals surface area (Å²) in [6.45, 7) is 8.49. The molecule has 0 spiro atoms. The van der Waals surface area contributed by atoms with Crippen LogP contribution in [0.3, 0.4) is 0 Å². The Hall–Kier alpha value is -0.650. The van der Waals surface area contributed by atoms with Crippen molar-refractivity contribution >= 4 is 5.97 Å². The largest absolute Gasteiger partial charge is 0.460 e. The molecule has 0 amide bonds. The smallest absolute Gasteiger partial charge is 0.309 e. The maximum atomic E-state index is 11.8. The normalized spacial score (nSPS) is 28.4. The van der Waals surface area contributed by atoms with E-state index >= 15 is 0 Å². The first kappa shape index (κ1) is 17.7. The fraction of sp³-hybridized carbons (Fsp3) is 0.941. The van der Waals surface area contributed by atoms with Crippen molar-refractivity contribution in [3.63, 3.8) is 0 Å². The van der Waals surface area contributed by atoms with Crippen LogP contribution >= 0.6 is 0 Å². The average Bonchev–Trinajstić information content (AvgIpc) is 3.22. The molecule has 2 aliphatic rings. The number of carbonyl (C=O) groups excluding carboxylic acids is 1. The minimum atomic E-state index is -0.399. The molecule has 2 rings (SSSR count). The third-order valence-corrected chi connectivity index (χ3v) is 3.84. The van der Waals surface area contributed by atoms with Crippen molar-refractivity contribution in [3.8, 4) is 0 Å². The zero-order valence-electron chi connectivity index (χ0n) is 14.1. The lowest BCUT2D eigenvalue weighted by Crippen LogP contribution is -2.25. The van der Waals surface area contributed by atoms with Crippen LogP contribution in [0.1, 0.15) is 52.9 Å². The molecule has 0 aromatic carbocycles. The van der Waals surface area contributed by atoms with Gasteiger partial charge in [0.25, 0.3) is 0 Å². The molecule has 1 unspecified atom stereocenters. The van der Waals surface area contributed by atoms with Gasteiger partial charge in [-0.1, -0.05) is 0 Å². The standard InChI is InChI=1S/C17H30O5/c1-17(2,3)22-16(18)14-11-13(14)12-19-8-6-10-21-15-7-4-5-9-20-15/h13-15H,4-12H2,1-3H3/t13-,14+,15?/m1/s1. The molecule has 1 heterocycles. The molecule has 5 nitrogen and oxygen atoms in total. The van der Waals surface area contributed by atoms with Crippen LogP contribution in [-0.4, -0.2) is 44.3 Å². The molecule has 22 heavy (non-hydrogen) atoms. The summed E-state index contributed by atoms with van der Waals surface area (Å²) < 4.78 is 22.1. The topological polar surface area (TPSA) is 54.0 Å². The van der Waals surface area contributed by atoms with Gasteiger partial charge in [0, 0.05) is 13.2 Å². The van der Waals surface area contributed by atoms with Crippen LogP contribution < -0.4 is 0 Å². The van der Waals surface area contributed by atoms with Gasteiger partial charge in [0.1, 0.15) is 5.60 Å². The van der Waals surface area contributed by atoms with E-state index in [-0.39, 0.29) is 18.2 Å². The SMILES string of the molecule is CC(C)(C)OC(=O)[C@H]1C[C@@H]1COCCCOC1CCCCO1. The Kier molecular flexibility index (Phi) is 6.66. The van der Waals surface area contributed by atoms with Crippen molar-refractivity contribution in [1.82, 2.24) is 0 Å². The van der Waals surface area contributed by atoms with Crippen molar-refractivity contribution < 1.29 is 23.7 Å². The Morgan fingerprint density at radius 2 is 2.05 bits per heavy atom. The second kappa shape index (κ2) is 8.27. The van der Waals surface area contributed by atoms with Gasteiger partial charge in [-0.15, -0.1) is 0 Å². The van der Waals surface area contributed by atoms with Crippen LogP contribution in [-0.2, 0) is 23.7 Å². The van der Waals surface area contributed by atoms with Crippen molar-refractivity contribution in [2.45, 2.75) is 64.8 Å². The maximum Gasteiger partial charge on any atom is 0.309 e. The van der Waals surface area contributed by atoms with E-state index in [9.17, 15) is 4.79 Å². The number of carbonyl (C=O) groups is 1. The van der Waals surface area contributed by atoms with Gasteiger partial charge in [0.15, 0.2) is 6.29 Å². The molecular weight excluding hydrogens is 284 g/mol. The fourth-order valence-electron chi connectivity index (χ4n) is 2.55. The predicted octanol–water partition coefficient (Wildman–Crippen LogP) is 2.91. The fourth-order valence-corrected chi connectivity index (χ4v) is 2.55. The summed E-state index contributed by atoms with van der Waals surface area (Å²) in [5, 5.41) is 0. The third-order valence-electron chi connectivity index (χ3n) is 3.84. The van der Waals surface area contributed by atoms with E-state index < -0.39 is 5.60 Å². The number of rotatable bonds is 8. The second-order valence-electron chi connectivity index (χ2n) is 7.23. The lowest BCUT2D eigenvalue weighted by molar-refractivity contribution is -0.164. The minimum absolute atomic E-state index is 0.0197. The van der Waals surface area contributed by atoms with Crippen LogP contribution in [0.2, 0.25) is 0 Å². The molecular formula is C17H30O5. The molecule has 128 valence electrons. The van der Waals surface area contributed by atoms with Gasteiger partial charge < -0.3 is 18.9 Å². The van der Waals surface area contributed by atoms with Gasteiger partial charge in [0.2, 0.25) is 0 Å². The summed E-state index contributed by atoms with van der Waals surface area (Å²) in [5.41, 5.74) is -0.399. The quantitative estimate of drug-likeness (QED) is 0.509. The molecule has 5 heteroatoms. The van der Waals surface area contributed by atoms with E-state index in [2.05, 4.69) is 0 Å².